The molecular formula is C26H30N2O3. The lowest BCUT2D eigenvalue weighted by Gasteiger charge is -2.36. The molecule has 1 N–H and O–H groups in total. The highest BCUT2D eigenvalue weighted by atomic mass is 16.5. The van der Waals surface area contributed by atoms with Crippen LogP contribution in [0.15, 0.2) is 72.2 Å². The molecule has 162 valence electrons. The Hall–Kier alpha value is -3.08. The summed E-state index contributed by atoms with van der Waals surface area (Å²) in [4.78, 5) is 4.11. The van der Waals surface area contributed by atoms with Crippen LogP contribution in [0.2, 0.25) is 0 Å². The Labute approximate surface area is 184 Å². The lowest BCUT2D eigenvalue weighted by molar-refractivity contribution is 0.200. The van der Waals surface area contributed by atoms with Crippen LogP contribution in [-0.4, -0.2) is 29.6 Å². The van der Waals surface area contributed by atoms with Crippen molar-refractivity contribution in [3.63, 3.8) is 0 Å². The fourth-order valence-corrected chi connectivity index (χ4v) is 4.75. The zero-order chi connectivity index (χ0) is 21.5. The van der Waals surface area contributed by atoms with Crippen molar-refractivity contribution >= 4 is 6.21 Å². The second kappa shape index (κ2) is 9.82. The van der Waals surface area contributed by atoms with E-state index in [4.69, 9.17) is 9.47 Å². The van der Waals surface area contributed by atoms with E-state index in [1.807, 2.05) is 42.7 Å². The van der Waals surface area contributed by atoms with Crippen molar-refractivity contribution < 1.29 is 14.7 Å². The third-order valence-electron chi connectivity index (χ3n) is 6.46. The zero-order valence-corrected chi connectivity index (χ0v) is 18.0. The summed E-state index contributed by atoms with van der Waals surface area (Å²) in [5.74, 6) is 1.62. The molecule has 5 nitrogen and oxygen atoms in total. The van der Waals surface area contributed by atoms with E-state index in [0.29, 0.717) is 0 Å². The molecule has 1 fully saturated rings. The molecule has 0 aliphatic heterocycles. The van der Waals surface area contributed by atoms with Crippen molar-refractivity contribution in [3.05, 3.63) is 78.2 Å². The SMILES string of the molecule is COc1ccc(C2(C=NO)C=CC=CC2CCc2ccncc2)cc1OC1CCCC1. The summed E-state index contributed by atoms with van der Waals surface area (Å²) in [6.45, 7) is 0. The first-order valence-electron chi connectivity index (χ1n) is 11.0. The Morgan fingerprint density at radius 3 is 2.68 bits per heavy atom. The van der Waals surface area contributed by atoms with Gasteiger partial charge in [0, 0.05) is 12.4 Å². The highest BCUT2D eigenvalue weighted by Gasteiger charge is 2.37. The number of methoxy groups -OCH3 is 1. The highest BCUT2D eigenvalue weighted by Crippen LogP contribution is 2.42. The van der Waals surface area contributed by atoms with Gasteiger partial charge in [0.25, 0.3) is 0 Å². The van der Waals surface area contributed by atoms with E-state index >= 15 is 0 Å². The van der Waals surface area contributed by atoms with Crippen LogP contribution in [-0.2, 0) is 11.8 Å². The average molecular weight is 419 g/mol. The minimum absolute atomic E-state index is 0.134. The summed E-state index contributed by atoms with van der Waals surface area (Å²) in [5, 5.41) is 13.1. The van der Waals surface area contributed by atoms with Gasteiger partial charge in [-0.05, 0) is 79.8 Å². The molecule has 0 amide bonds. The van der Waals surface area contributed by atoms with Crippen LogP contribution in [0.3, 0.4) is 0 Å². The van der Waals surface area contributed by atoms with Crippen LogP contribution in [0.5, 0.6) is 11.5 Å². The second-order valence-corrected chi connectivity index (χ2v) is 8.31. The summed E-state index contributed by atoms with van der Waals surface area (Å²) in [6, 6.07) is 10.2. The number of benzene rings is 1. The summed E-state index contributed by atoms with van der Waals surface area (Å²) in [5.41, 5.74) is 1.71. The molecule has 2 unspecified atom stereocenters. The van der Waals surface area contributed by atoms with E-state index in [9.17, 15) is 5.21 Å². The number of allylic oxidation sites excluding steroid dienone is 4. The van der Waals surface area contributed by atoms with Crippen LogP contribution >= 0.6 is 0 Å². The zero-order valence-electron chi connectivity index (χ0n) is 18.0. The van der Waals surface area contributed by atoms with Crippen molar-refractivity contribution in [3.8, 4) is 11.5 Å². The van der Waals surface area contributed by atoms with E-state index < -0.39 is 5.41 Å². The van der Waals surface area contributed by atoms with Crippen molar-refractivity contribution in [2.75, 3.05) is 7.11 Å². The van der Waals surface area contributed by atoms with Crippen LogP contribution in [0.1, 0.15) is 43.2 Å². The largest absolute Gasteiger partial charge is 0.493 e. The number of pyridine rings is 1. The van der Waals surface area contributed by atoms with Gasteiger partial charge in [-0.25, -0.2) is 0 Å². The van der Waals surface area contributed by atoms with Crippen LogP contribution in [0.4, 0.5) is 0 Å². The predicted molar refractivity (Wildman–Crippen MR) is 122 cm³/mol. The van der Waals surface area contributed by atoms with Crippen molar-refractivity contribution in [1.29, 1.82) is 0 Å². The maximum Gasteiger partial charge on any atom is 0.161 e. The van der Waals surface area contributed by atoms with Crippen molar-refractivity contribution in [2.45, 2.75) is 50.0 Å². The molecule has 1 aromatic heterocycles. The van der Waals surface area contributed by atoms with Crippen LogP contribution in [0, 0.1) is 5.92 Å². The average Bonchev–Trinajstić information content (AvgIpc) is 3.32. The predicted octanol–water partition coefficient (Wildman–Crippen LogP) is 5.48. The first kappa shape index (κ1) is 21.2. The number of oxime groups is 1. The van der Waals surface area contributed by atoms with Gasteiger partial charge in [-0.15, -0.1) is 5.16 Å². The van der Waals surface area contributed by atoms with Gasteiger partial charge in [0.05, 0.1) is 24.8 Å². The molecular weight excluding hydrogens is 388 g/mol. The Bertz CT molecular complexity index is 948. The van der Waals surface area contributed by atoms with Gasteiger partial charge in [-0.1, -0.05) is 30.4 Å². The topological polar surface area (TPSA) is 63.9 Å². The molecule has 31 heavy (non-hydrogen) atoms. The Balaban J connectivity index is 1.66. The van der Waals surface area contributed by atoms with E-state index in [2.05, 4.69) is 34.4 Å². The lowest BCUT2D eigenvalue weighted by atomic mass is 9.67. The van der Waals surface area contributed by atoms with Crippen molar-refractivity contribution in [2.24, 2.45) is 11.1 Å². The molecule has 1 heterocycles. The minimum atomic E-state index is -0.559. The lowest BCUT2D eigenvalue weighted by Crippen LogP contribution is -2.36. The highest BCUT2D eigenvalue weighted by molar-refractivity contribution is 5.79. The number of aryl methyl sites for hydroxylation is 1. The quantitative estimate of drug-likeness (QED) is 0.350. The van der Waals surface area contributed by atoms with E-state index in [0.717, 1.165) is 42.7 Å². The summed E-state index contributed by atoms with van der Waals surface area (Å²) in [6.07, 6.45) is 20.3. The molecule has 0 radical (unpaired) electrons. The summed E-state index contributed by atoms with van der Waals surface area (Å²) in [7, 11) is 1.67. The number of aromatic nitrogens is 1. The monoisotopic (exact) mass is 418 g/mol. The maximum atomic E-state index is 9.60. The number of nitrogens with zero attached hydrogens (tertiary/aromatic N) is 2. The third kappa shape index (κ3) is 4.66. The van der Waals surface area contributed by atoms with Gasteiger partial charge in [-0.2, -0.15) is 0 Å². The fraction of sp³-hybridized carbons (Fsp3) is 0.385. The Morgan fingerprint density at radius 1 is 1.13 bits per heavy atom. The number of ether oxygens (including phenoxy) is 2. The van der Waals surface area contributed by atoms with Gasteiger partial charge in [0.1, 0.15) is 0 Å². The fourth-order valence-electron chi connectivity index (χ4n) is 4.75. The number of hydrogen-bond acceptors (Lipinski definition) is 5. The second-order valence-electron chi connectivity index (χ2n) is 8.31. The molecule has 2 atom stereocenters. The molecule has 2 aliphatic rings. The van der Waals surface area contributed by atoms with E-state index in [1.165, 1.54) is 18.4 Å². The smallest absolute Gasteiger partial charge is 0.161 e. The molecule has 0 bridgehead atoms. The number of rotatable bonds is 8. The van der Waals surface area contributed by atoms with Gasteiger partial charge in [-0.3, -0.25) is 4.98 Å². The Kier molecular flexibility index (Phi) is 6.70. The van der Waals surface area contributed by atoms with Crippen molar-refractivity contribution in [1.82, 2.24) is 4.98 Å². The van der Waals surface area contributed by atoms with Crippen LogP contribution < -0.4 is 9.47 Å². The van der Waals surface area contributed by atoms with Gasteiger partial charge >= 0.3 is 0 Å². The van der Waals surface area contributed by atoms with Gasteiger partial charge in [0.2, 0.25) is 0 Å². The maximum absolute atomic E-state index is 9.60. The third-order valence-corrected chi connectivity index (χ3v) is 6.46. The van der Waals surface area contributed by atoms with Gasteiger partial charge < -0.3 is 14.7 Å². The first-order valence-corrected chi connectivity index (χ1v) is 11.0. The number of hydrogen-bond donors (Lipinski definition) is 1. The molecule has 0 saturated heterocycles. The Morgan fingerprint density at radius 2 is 1.94 bits per heavy atom. The molecule has 4 rings (SSSR count). The molecule has 5 heteroatoms. The minimum Gasteiger partial charge on any atom is -0.493 e. The molecule has 0 spiro atoms. The molecule has 2 aromatic rings. The van der Waals surface area contributed by atoms with Crippen LogP contribution in [0.25, 0.3) is 0 Å². The van der Waals surface area contributed by atoms with E-state index in [-0.39, 0.29) is 12.0 Å². The summed E-state index contributed by atoms with van der Waals surface area (Å²) >= 11 is 0. The molecule has 1 aromatic carbocycles. The first-order chi connectivity index (χ1) is 15.2. The van der Waals surface area contributed by atoms with Gasteiger partial charge in [0.15, 0.2) is 11.5 Å². The standard InChI is InChI=1S/C26H30N2O3/c1-30-24-12-11-22(18-25(24)31-23-7-2-3-8-23)26(19-28-29)15-5-4-6-21(26)10-9-20-13-16-27-17-14-20/h4-6,11-19,21,23,29H,2-3,7-10H2,1H3. The summed E-state index contributed by atoms with van der Waals surface area (Å²) < 4.78 is 11.9. The van der Waals surface area contributed by atoms with E-state index in [1.54, 1.807) is 13.3 Å². The normalized spacial score (nSPS) is 23.5. The molecule has 1 saturated carbocycles. The molecule has 2 aliphatic carbocycles.